The zero-order valence-electron chi connectivity index (χ0n) is 25.4. The fourth-order valence-corrected chi connectivity index (χ4v) is 10.6. The van der Waals surface area contributed by atoms with E-state index in [9.17, 15) is 14.4 Å². The van der Waals surface area contributed by atoms with Gasteiger partial charge < -0.3 is 14.2 Å². The Balaban J connectivity index is 1.17. The predicted octanol–water partition coefficient (Wildman–Crippen LogP) is 6.94. The van der Waals surface area contributed by atoms with Crippen LogP contribution in [0.1, 0.15) is 118 Å². The molecule has 6 unspecified atom stereocenters. The molecule has 6 atom stereocenters. The van der Waals surface area contributed by atoms with Crippen molar-refractivity contribution in [1.29, 1.82) is 0 Å². The van der Waals surface area contributed by atoms with Crippen LogP contribution in [0, 0.1) is 45.8 Å². The Morgan fingerprint density at radius 1 is 0.900 bits per heavy atom. The van der Waals surface area contributed by atoms with Crippen molar-refractivity contribution < 1.29 is 28.6 Å². The normalized spacial score (nSPS) is 42.4. The van der Waals surface area contributed by atoms with Gasteiger partial charge in [-0.15, -0.1) is 0 Å². The van der Waals surface area contributed by atoms with Crippen molar-refractivity contribution in [3.63, 3.8) is 0 Å². The van der Waals surface area contributed by atoms with Crippen LogP contribution < -0.4 is 0 Å². The number of hydrogen-bond donors (Lipinski definition) is 0. The van der Waals surface area contributed by atoms with Crippen molar-refractivity contribution in [2.75, 3.05) is 0 Å². The minimum absolute atomic E-state index is 0.0290. The van der Waals surface area contributed by atoms with E-state index in [-0.39, 0.29) is 35.3 Å². The van der Waals surface area contributed by atoms with Gasteiger partial charge in [-0.2, -0.15) is 0 Å². The van der Waals surface area contributed by atoms with E-state index in [1.807, 2.05) is 33.8 Å². The summed E-state index contributed by atoms with van der Waals surface area (Å²) in [4.78, 5) is 40.4. The lowest BCUT2D eigenvalue weighted by Gasteiger charge is -2.61. The molecule has 0 radical (unpaired) electrons. The molecule has 8 fully saturated rings. The molecule has 8 bridgehead atoms. The lowest BCUT2D eigenvalue weighted by molar-refractivity contribution is -0.202. The van der Waals surface area contributed by atoms with Gasteiger partial charge in [-0.1, -0.05) is 13.5 Å². The number of esters is 3. The topological polar surface area (TPSA) is 78.9 Å². The molecule has 0 aromatic heterocycles. The van der Waals surface area contributed by atoms with Gasteiger partial charge >= 0.3 is 17.9 Å². The Morgan fingerprint density at radius 2 is 1.50 bits per heavy atom. The van der Waals surface area contributed by atoms with Crippen LogP contribution in [0.15, 0.2) is 12.7 Å². The maximum atomic E-state index is 14.1. The fourth-order valence-electron chi connectivity index (χ4n) is 10.6. The first-order valence-electron chi connectivity index (χ1n) is 16.0. The number of hydrogen-bond acceptors (Lipinski definition) is 6. The average molecular weight is 555 g/mol. The maximum absolute atomic E-state index is 14.1. The van der Waals surface area contributed by atoms with E-state index in [0.29, 0.717) is 31.6 Å². The molecule has 0 aromatic rings. The second-order valence-electron chi connectivity index (χ2n) is 16.2. The van der Waals surface area contributed by atoms with Crippen LogP contribution in [0.5, 0.6) is 0 Å². The minimum Gasteiger partial charge on any atom is -0.462 e. The molecule has 40 heavy (non-hydrogen) atoms. The predicted molar refractivity (Wildman–Crippen MR) is 151 cm³/mol. The van der Waals surface area contributed by atoms with Crippen molar-refractivity contribution in [2.45, 2.75) is 135 Å². The van der Waals surface area contributed by atoms with Gasteiger partial charge in [0.1, 0.15) is 17.3 Å². The lowest BCUT2D eigenvalue weighted by Crippen LogP contribution is -2.58. The van der Waals surface area contributed by atoms with E-state index >= 15 is 0 Å². The van der Waals surface area contributed by atoms with E-state index in [1.54, 1.807) is 0 Å². The minimum atomic E-state index is -0.891. The van der Waals surface area contributed by atoms with Crippen molar-refractivity contribution >= 4 is 17.9 Å². The SMILES string of the molecule is C=CC(C)(OC(=O)C(C)(CC)CC(C)(C)C(=O)OC12CC3CC(C1)OC(=O)C(C3)C2)C12CC3CC(CC(C3)C1)C2. The van der Waals surface area contributed by atoms with Gasteiger partial charge in [-0.25, -0.2) is 0 Å². The fraction of sp³-hybridized carbons (Fsp3) is 0.853. The van der Waals surface area contributed by atoms with Gasteiger partial charge in [0.25, 0.3) is 0 Å². The molecular weight excluding hydrogens is 504 g/mol. The van der Waals surface area contributed by atoms with Crippen LogP contribution >= 0.6 is 0 Å². The third-order valence-electron chi connectivity index (χ3n) is 12.5. The molecule has 0 spiro atoms. The third-order valence-corrected chi connectivity index (χ3v) is 12.5. The molecule has 2 saturated heterocycles. The van der Waals surface area contributed by atoms with Gasteiger partial charge in [0.15, 0.2) is 0 Å². The first-order chi connectivity index (χ1) is 18.7. The van der Waals surface area contributed by atoms with E-state index in [2.05, 4.69) is 13.5 Å². The molecule has 8 aliphatic rings. The number of fused-ring (bicyclic) bond motifs is 1. The summed E-state index contributed by atoms with van der Waals surface area (Å²) in [5.74, 6) is 1.74. The van der Waals surface area contributed by atoms with Crippen LogP contribution in [0.2, 0.25) is 0 Å². The molecule has 2 aliphatic heterocycles. The molecule has 0 amide bonds. The van der Waals surface area contributed by atoms with Crippen LogP contribution in [0.25, 0.3) is 0 Å². The number of ether oxygens (including phenoxy) is 3. The molecule has 0 aromatic carbocycles. The monoisotopic (exact) mass is 554 g/mol. The molecule has 0 N–H and O–H groups in total. The molecular formula is C34H50O6. The van der Waals surface area contributed by atoms with Crippen molar-refractivity contribution in [3.8, 4) is 0 Å². The van der Waals surface area contributed by atoms with Crippen molar-refractivity contribution in [2.24, 2.45) is 45.8 Å². The highest BCUT2D eigenvalue weighted by Gasteiger charge is 2.61. The quantitative estimate of drug-likeness (QED) is 0.174. The smallest absolute Gasteiger partial charge is 0.312 e. The van der Waals surface area contributed by atoms with E-state index in [1.165, 1.54) is 19.3 Å². The largest absolute Gasteiger partial charge is 0.462 e. The van der Waals surface area contributed by atoms with E-state index in [0.717, 1.165) is 56.3 Å². The first kappa shape index (κ1) is 28.3. The van der Waals surface area contributed by atoms with Gasteiger partial charge in [0.2, 0.25) is 0 Å². The second-order valence-corrected chi connectivity index (χ2v) is 16.2. The number of rotatable bonds is 9. The summed E-state index contributed by atoms with van der Waals surface area (Å²) in [6, 6.07) is 0. The van der Waals surface area contributed by atoms with Crippen LogP contribution in [0.4, 0.5) is 0 Å². The average Bonchev–Trinajstić information content (AvgIpc) is 3.02. The molecule has 6 nitrogen and oxygen atoms in total. The Bertz CT molecular complexity index is 1060. The van der Waals surface area contributed by atoms with Crippen LogP contribution in [-0.2, 0) is 28.6 Å². The van der Waals surface area contributed by atoms with Crippen molar-refractivity contribution in [3.05, 3.63) is 12.7 Å². The third kappa shape index (κ3) is 4.54. The summed E-state index contributed by atoms with van der Waals surface area (Å²) in [7, 11) is 0. The number of carbonyl (C=O) groups is 3. The Hall–Kier alpha value is -1.85. The molecule has 222 valence electrons. The second kappa shape index (κ2) is 9.33. The molecule has 6 aliphatic carbocycles. The number of carbonyl (C=O) groups excluding carboxylic acids is 3. The van der Waals surface area contributed by atoms with Gasteiger partial charge in [0, 0.05) is 18.3 Å². The first-order valence-corrected chi connectivity index (χ1v) is 16.0. The highest BCUT2D eigenvalue weighted by Crippen LogP contribution is 2.65. The summed E-state index contributed by atoms with van der Waals surface area (Å²) in [6.45, 7) is 14.0. The summed E-state index contributed by atoms with van der Waals surface area (Å²) in [5.41, 5.74) is -3.12. The van der Waals surface area contributed by atoms with E-state index < -0.39 is 22.0 Å². The highest BCUT2D eigenvalue weighted by molar-refractivity contribution is 5.81. The molecule has 2 heterocycles. The summed E-state index contributed by atoms with van der Waals surface area (Å²) < 4.78 is 18.6. The van der Waals surface area contributed by atoms with E-state index in [4.69, 9.17) is 14.2 Å². The van der Waals surface area contributed by atoms with Crippen LogP contribution in [0.3, 0.4) is 0 Å². The Kier molecular flexibility index (Phi) is 6.59. The lowest BCUT2D eigenvalue weighted by atomic mass is 9.45. The highest BCUT2D eigenvalue weighted by atomic mass is 16.6. The molecule has 8 rings (SSSR count). The molecule has 6 saturated carbocycles. The van der Waals surface area contributed by atoms with Crippen LogP contribution in [-0.4, -0.2) is 35.2 Å². The summed E-state index contributed by atoms with van der Waals surface area (Å²) in [5, 5.41) is 0. The zero-order valence-corrected chi connectivity index (χ0v) is 25.4. The zero-order chi connectivity index (χ0) is 28.7. The van der Waals surface area contributed by atoms with Gasteiger partial charge in [-0.3, -0.25) is 14.4 Å². The standard InChI is InChI=1S/C34H50O6/c1-7-31(5,29(37)39-32(6,8-2)33-14-21-9-22(15-33)11-23(10-21)16-33)20-30(3,4)28(36)40-34-17-24-12-25(18-34)27(35)38-26(13-24)19-34/h8,21-26H,2,7,9-20H2,1,3-6H3. The Labute approximate surface area is 240 Å². The van der Waals surface area contributed by atoms with Gasteiger partial charge in [0.05, 0.1) is 16.7 Å². The maximum Gasteiger partial charge on any atom is 0.312 e. The summed E-state index contributed by atoms with van der Waals surface area (Å²) >= 11 is 0. The van der Waals surface area contributed by atoms with Gasteiger partial charge in [-0.05, 0) is 128 Å². The Morgan fingerprint density at radius 3 is 2.08 bits per heavy atom. The molecule has 6 heteroatoms. The summed E-state index contributed by atoms with van der Waals surface area (Å²) in [6.07, 6.45) is 13.6. The van der Waals surface area contributed by atoms with Crippen molar-refractivity contribution in [1.82, 2.24) is 0 Å².